The molecule has 0 aromatic heterocycles. The Morgan fingerprint density at radius 2 is 1.43 bits per heavy atom. The van der Waals surface area contributed by atoms with Gasteiger partial charge in [-0.15, -0.1) is 0 Å². The second-order valence-corrected chi connectivity index (χ2v) is 8.76. The summed E-state index contributed by atoms with van der Waals surface area (Å²) < 4.78 is 5.36. The molecule has 0 saturated heterocycles. The van der Waals surface area contributed by atoms with Gasteiger partial charge in [0, 0.05) is 0 Å². The largest absolute Gasteiger partial charge is 0.462 e. The highest BCUT2D eigenvalue weighted by Crippen LogP contribution is 2.23. The van der Waals surface area contributed by atoms with E-state index in [1.54, 1.807) is 18.2 Å². The number of halogens is 1. The van der Waals surface area contributed by atoms with Crippen molar-refractivity contribution in [2.24, 2.45) is 5.73 Å². The summed E-state index contributed by atoms with van der Waals surface area (Å²) >= 11 is 10.9. The molecule has 3 N–H and O–H groups in total. The van der Waals surface area contributed by atoms with E-state index in [1.165, 1.54) is 77.0 Å². The molecular weight excluding hydrogens is 416 g/mol. The van der Waals surface area contributed by atoms with Crippen LogP contribution in [0.4, 0.5) is 5.69 Å². The number of carbonyl (C=O) groups is 1. The Morgan fingerprint density at radius 3 is 1.93 bits per heavy atom. The fraction of sp³-hybridized carbons (Fsp3) is 0.667. The first-order valence-electron chi connectivity index (χ1n) is 11.6. The Balaban J connectivity index is 2.00. The Morgan fingerprint density at radius 1 is 0.933 bits per heavy atom. The van der Waals surface area contributed by atoms with Gasteiger partial charge in [0.15, 0.2) is 5.11 Å². The monoisotopic (exact) mass is 454 g/mol. The molecule has 4 nitrogen and oxygen atoms in total. The molecule has 0 spiro atoms. The maximum absolute atomic E-state index is 12.2. The molecule has 0 aliphatic heterocycles. The fourth-order valence-corrected chi connectivity index (χ4v) is 3.70. The number of anilines is 1. The number of thiocarbonyl (C=S) groups is 1. The van der Waals surface area contributed by atoms with Crippen molar-refractivity contribution in [1.82, 2.24) is 0 Å². The summed E-state index contributed by atoms with van der Waals surface area (Å²) in [5.41, 5.74) is 6.41. The summed E-state index contributed by atoms with van der Waals surface area (Å²) in [6.45, 7) is 2.71. The number of nitrogens with one attached hydrogen (secondary N) is 1. The Kier molecular flexibility index (Phi) is 15.5. The minimum absolute atomic E-state index is 0.102. The molecule has 0 aliphatic carbocycles. The number of ether oxygens (including phenoxy) is 1. The summed E-state index contributed by atoms with van der Waals surface area (Å²) in [6.07, 6.45) is 18.3. The van der Waals surface area contributed by atoms with Crippen LogP contribution in [0.5, 0.6) is 0 Å². The normalized spacial score (nSPS) is 10.7. The van der Waals surface area contributed by atoms with Crippen molar-refractivity contribution in [3.63, 3.8) is 0 Å². The number of esters is 1. The SMILES string of the molecule is CCCCCCCCCCCCCCCCOC(=O)c1ccc(Cl)c(NC(N)=S)c1. The van der Waals surface area contributed by atoms with Gasteiger partial charge in [0.1, 0.15) is 0 Å². The topological polar surface area (TPSA) is 64.3 Å². The first kappa shape index (κ1) is 26.7. The lowest BCUT2D eigenvalue weighted by molar-refractivity contribution is 0.0497. The van der Waals surface area contributed by atoms with Gasteiger partial charge < -0.3 is 15.8 Å². The van der Waals surface area contributed by atoms with Crippen LogP contribution < -0.4 is 11.1 Å². The van der Waals surface area contributed by atoms with Crippen molar-refractivity contribution in [1.29, 1.82) is 0 Å². The number of unbranched alkanes of at least 4 members (excludes halogenated alkanes) is 13. The summed E-state index contributed by atoms with van der Waals surface area (Å²) in [7, 11) is 0. The van der Waals surface area contributed by atoms with Gasteiger partial charge in [0.25, 0.3) is 0 Å². The van der Waals surface area contributed by atoms with Crippen LogP contribution in [0.2, 0.25) is 5.02 Å². The lowest BCUT2D eigenvalue weighted by Crippen LogP contribution is -2.19. The molecule has 0 heterocycles. The maximum Gasteiger partial charge on any atom is 0.338 e. The van der Waals surface area contributed by atoms with Gasteiger partial charge in [-0.05, 0) is 36.8 Å². The zero-order valence-electron chi connectivity index (χ0n) is 18.5. The van der Waals surface area contributed by atoms with Crippen molar-refractivity contribution >= 4 is 40.6 Å². The van der Waals surface area contributed by atoms with E-state index in [0.29, 0.717) is 22.9 Å². The van der Waals surface area contributed by atoms with Gasteiger partial charge in [-0.25, -0.2) is 4.79 Å². The van der Waals surface area contributed by atoms with E-state index >= 15 is 0 Å². The fourth-order valence-electron chi connectivity index (χ4n) is 3.43. The van der Waals surface area contributed by atoms with Crippen molar-refractivity contribution in [3.8, 4) is 0 Å². The standard InChI is InChI=1S/C24H39ClN2O2S/c1-2-3-4-5-6-7-8-9-10-11-12-13-14-15-18-29-23(28)20-16-17-21(25)22(19-20)27-24(26)30/h16-17,19H,2-15,18H2,1H3,(H3,26,27,30). The van der Waals surface area contributed by atoms with Gasteiger partial charge in [-0.2, -0.15) is 0 Å². The predicted molar refractivity (Wildman–Crippen MR) is 132 cm³/mol. The molecule has 0 aliphatic rings. The van der Waals surface area contributed by atoms with Crippen LogP contribution in [0.1, 0.15) is 107 Å². The lowest BCUT2D eigenvalue weighted by Gasteiger charge is -2.09. The van der Waals surface area contributed by atoms with Gasteiger partial charge >= 0.3 is 5.97 Å². The smallest absolute Gasteiger partial charge is 0.338 e. The highest BCUT2D eigenvalue weighted by atomic mass is 35.5. The van der Waals surface area contributed by atoms with Crippen LogP contribution in [-0.2, 0) is 4.74 Å². The molecule has 0 unspecified atom stereocenters. The number of benzene rings is 1. The third-order valence-corrected chi connectivity index (χ3v) is 5.62. The lowest BCUT2D eigenvalue weighted by atomic mass is 10.0. The minimum Gasteiger partial charge on any atom is -0.462 e. The molecule has 170 valence electrons. The van der Waals surface area contributed by atoms with Crippen molar-refractivity contribution < 1.29 is 9.53 Å². The average molecular weight is 455 g/mol. The number of nitrogens with two attached hydrogens (primary N) is 1. The third-order valence-electron chi connectivity index (χ3n) is 5.19. The van der Waals surface area contributed by atoms with Crippen molar-refractivity contribution in [3.05, 3.63) is 28.8 Å². The average Bonchev–Trinajstić information content (AvgIpc) is 2.72. The molecule has 0 saturated carbocycles. The number of rotatable bonds is 17. The summed E-state index contributed by atoms with van der Waals surface area (Å²) in [6, 6.07) is 4.88. The first-order valence-corrected chi connectivity index (χ1v) is 12.4. The van der Waals surface area contributed by atoms with Gasteiger partial charge in [0.2, 0.25) is 0 Å². The summed E-state index contributed by atoms with van der Waals surface area (Å²) in [5.74, 6) is -0.354. The van der Waals surface area contributed by atoms with Crippen LogP contribution in [0.3, 0.4) is 0 Å². The highest BCUT2D eigenvalue weighted by Gasteiger charge is 2.10. The zero-order chi connectivity index (χ0) is 22.0. The first-order chi connectivity index (χ1) is 14.5. The molecule has 0 bridgehead atoms. The van der Waals surface area contributed by atoms with Gasteiger partial charge in [0.05, 0.1) is 22.9 Å². The molecule has 1 aromatic carbocycles. The minimum atomic E-state index is -0.354. The van der Waals surface area contributed by atoms with Gasteiger partial charge in [-0.3, -0.25) is 0 Å². The Bertz CT molecular complexity index is 625. The molecule has 0 atom stereocenters. The maximum atomic E-state index is 12.2. The molecule has 30 heavy (non-hydrogen) atoms. The van der Waals surface area contributed by atoms with E-state index < -0.39 is 0 Å². The third kappa shape index (κ3) is 13.1. The molecule has 0 fully saturated rings. The van der Waals surface area contributed by atoms with Crippen LogP contribution in [0.15, 0.2) is 18.2 Å². The van der Waals surface area contributed by atoms with E-state index in [-0.39, 0.29) is 11.1 Å². The quantitative estimate of drug-likeness (QED) is 0.144. The van der Waals surface area contributed by atoms with Crippen LogP contribution in [-0.4, -0.2) is 17.7 Å². The number of hydrogen-bond acceptors (Lipinski definition) is 3. The van der Waals surface area contributed by atoms with E-state index in [2.05, 4.69) is 12.2 Å². The molecule has 0 radical (unpaired) electrons. The van der Waals surface area contributed by atoms with Crippen LogP contribution >= 0.6 is 23.8 Å². The summed E-state index contributed by atoms with van der Waals surface area (Å²) in [5, 5.41) is 3.31. The summed E-state index contributed by atoms with van der Waals surface area (Å²) in [4.78, 5) is 12.2. The van der Waals surface area contributed by atoms with Crippen LogP contribution in [0, 0.1) is 0 Å². The Labute approximate surface area is 193 Å². The van der Waals surface area contributed by atoms with Gasteiger partial charge in [-0.1, -0.05) is 102 Å². The Hall–Kier alpha value is -1.33. The molecule has 6 heteroatoms. The molecule has 1 aromatic rings. The van der Waals surface area contributed by atoms with Crippen LogP contribution in [0.25, 0.3) is 0 Å². The van der Waals surface area contributed by atoms with Crippen molar-refractivity contribution in [2.45, 2.75) is 96.8 Å². The van der Waals surface area contributed by atoms with E-state index in [4.69, 9.17) is 34.3 Å². The van der Waals surface area contributed by atoms with E-state index in [9.17, 15) is 4.79 Å². The zero-order valence-corrected chi connectivity index (χ0v) is 20.1. The highest BCUT2D eigenvalue weighted by molar-refractivity contribution is 7.80. The molecule has 0 amide bonds. The number of carbonyl (C=O) groups excluding carboxylic acids is 1. The molecular formula is C24H39ClN2O2S. The van der Waals surface area contributed by atoms with E-state index in [1.807, 2.05) is 0 Å². The second kappa shape index (κ2) is 17.4. The van der Waals surface area contributed by atoms with E-state index in [0.717, 1.165) is 12.8 Å². The predicted octanol–water partition coefficient (Wildman–Crippen LogP) is 7.63. The number of hydrogen-bond donors (Lipinski definition) is 2. The second-order valence-electron chi connectivity index (χ2n) is 7.92. The van der Waals surface area contributed by atoms with Crippen molar-refractivity contribution in [2.75, 3.05) is 11.9 Å². The molecule has 1 rings (SSSR count).